The molecule has 2 aliphatic heterocycles. The highest BCUT2D eigenvalue weighted by molar-refractivity contribution is 5.68. The summed E-state index contributed by atoms with van der Waals surface area (Å²) >= 11 is 0. The van der Waals surface area contributed by atoms with Gasteiger partial charge in [-0.1, -0.05) is 19.0 Å². The first-order valence-corrected chi connectivity index (χ1v) is 12.7. The summed E-state index contributed by atoms with van der Waals surface area (Å²) in [6.45, 7) is 10.2. The van der Waals surface area contributed by atoms with E-state index in [0.29, 0.717) is 70.0 Å². The third kappa shape index (κ3) is 7.47. The number of hydrogen-bond donors (Lipinski definition) is 1. The van der Waals surface area contributed by atoms with Crippen LogP contribution in [-0.2, 0) is 20.8 Å². The molecule has 3 heterocycles. The molecule has 1 aromatic carbocycles. The quantitative estimate of drug-likeness (QED) is 0.484. The number of benzene rings is 1. The molecule has 9 heteroatoms. The fraction of sp³-hybridized carbons (Fsp3) is 0.654. The second-order valence-corrected chi connectivity index (χ2v) is 9.84. The van der Waals surface area contributed by atoms with Gasteiger partial charge in [-0.2, -0.15) is 0 Å². The van der Waals surface area contributed by atoms with Crippen molar-refractivity contribution in [2.24, 2.45) is 5.92 Å². The number of aliphatic hydroxyl groups excluding tert-OH is 1. The third-order valence-electron chi connectivity index (χ3n) is 6.28. The van der Waals surface area contributed by atoms with Crippen molar-refractivity contribution >= 4 is 5.88 Å². The van der Waals surface area contributed by atoms with E-state index in [1.807, 2.05) is 0 Å². The first kappa shape index (κ1) is 26.0. The highest BCUT2D eigenvalue weighted by atomic mass is 19.1. The molecule has 0 amide bonds. The lowest BCUT2D eigenvalue weighted by Gasteiger charge is -2.30. The number of anilines is 1. The number of rotatable bonds is 12. The van der Waals surface area contributed by atoms with Gasteiger partial charge in [0.2, 0.25) is 5.88 Å². The molecular formula is C26H38FN3O5. The minimum Gasteiger partial charge on any atom is -0.389 e. The largest absolute Gasteiger partial charge is 0.389 e. The van der Waals surface area contributed by atoms with Crippen molar-refractivity contribution in [3.63, 3.8) is 0 Å². The normalized spacial score (nSPS) is 19.7. The number of morpholine rings is 1. The van der Waals surface area contributed by atoms with Crippen molar-refractivity contribution in [2.75, 3.05) is 64.1 Å². The molecule has 8 nitrogen and oxygen atoms in total. The molecule has 2 fully saturated rings. The van der Waals surface area contributed by atoms with Gasteiger partial charge in [0.05, 0.1) is 37.6 Å². The minimum absolute atomic E-state index is 0.125. The summed E-state index contributed by atoms with van der Waals surface area (Å²) in [6, 6.07) is 6.31. The van der Waals surface area contributed by atoms with Crippen LogP contribution in [0.25, 0.3) is 11.3 Å². The zero-order valence-electron chi connectivity index (χ0n) is 20.8. The van der Waals surface area contributed by atoms with E-state index >= 15 is 0 Å². The SMILES string of the molecule is CC(C)COC[C@H](O)CN(Cc1c(-c2ccc(F)cc2)noc1N1CCOCC1)C[C@@H]1CCCO1. The van der Waals surface area contributed by atoms with Crippen LogP contribution in [0.1, 0.15) is 32.3 Å². The van der Waals surface area contributed by atoms with Gasteiger partial charge < -0.3 is 28.7 Å². The third-order valence-corrected chi connectivity index (χ3v) is 6.28. The fourth-order valence-electron chi connectivity index (χ4n) is 4.59. The predicted octanol–water partition coefficient (Wildman–Crippen LogP) is 3.33. The number of nitrogens with zero attached hydrogens (tertiary/aromatic N) is 3. The molecule has 2 atom stereocenters. The van der Waals surface area contributed by atoms with Gasteiger partial charge in [0.15, 0.2) is 0 Å². The summed E-state index contributed by atoms with van der Waals surface area (Å²) in [5.41, 5.74) is 2.41. The van der Waals surface area contributed by atoms with Gasteiger partial charge in [-0.25, -0.2) is 4.39 Å². The van der Waals surface area contributed by atoms with Crippen LogP contribution in [-0.4, -0.2) is 86.6 Å². The molecule has 0 bridgehead atoms. The van der Waals surface area contributed by atoms with Crippen LogP contribution in [0, 0.1) is 11.7 Å². The topological polar surface area (TPSA) is 80.4 Å². The Morgan fingerprint density at radius 3 is 2.63 bits per heavy atom. The summed E-state index contributed by atoms with van der Waals surface area (Å²) in [5, 5.41) is 15.2. The Bertz CT molecular complexity index is 895. The van der Waals surface area contributed by atoms with Crippen LogP contribution in [0.2, 0.25) is 0 Å². The molecule has 4 rings (SSSR count). The Morgan fingerprint density at radius 2 is 1.94 bits per heavy atom. The van der Waals surface area contributed by atoms with Crippen molar-refractivity contribution in [2.45, 2.75) is 45.4 Å². The molecule has 2 saturated heterocycles. The van der Waals surface area contributed by atoms with Gasteiger partial charge in [-0.15, -0.1) is 0 Å². The van der Waals surface area contributed by atoms with E-state index in [1.54, 1.807) is 12.1 Å². The molecule has 0 saturated carbocycles. The van der Waals surface area contributed by atoms with Crippen LogP contribution in [0.3, 0.4) is 0 Å². The van der Waals surface area contributed by atoms with E-state index in [0.717, 1.165) is 30.6 Å². The molecule has 0 unspecified atom stereocenters. The van der Waals surface area contributed by atoms with Crippen molar-refractivity contribution < 1.29 is 28.2 Å². The van der Waals surface area contributed by atoms with Crippen molar-refractivity contribution in [3.8, 4) is 11.3 Å². The van der Waals surface area contributed by atoms with Gasteiger partial charge in [-0.3, -0.25) is 4.90 Å². The van der Waals surface area contributed by atoms with Gasteiger partial charge in [0.25, 0.3) is 0 Å². The number of aliphatic hydroxyl groups is 1. The Hall–Kier alpha value is -2.04. The average Bonchev–Trinajstić information content (AvgIpc) is 3.50. The summed E-state index contributed by atoms with van der Waals surface area (Å²) < 4.78 is 36.6. The van der Waals surface area contributed by atoms with Gasteiger partial charge in [0, 0.05) is 51.5 Å². The summed E-state index contributed by atoms with van der Waals surface area (Å²) in [4.78, 5) is 4.34. The lowest BCUT2D eigenvalue weighted by Crippen LogP contribution is -2.40. The van der Waals surface area contributed by atoms with Crippen LogP contribution in [0.4, 0.5) is 10.3 Å². The van der Waals surface area contributed by atoms with E-state index in [4.69, 9.17) is 18.7 Å². The summed E-state index contributed by atoms with van der Waals surface area (Å²) in [6.07, 6.45) is 1.54. The lowest BCUT2D eigenvalue weighted by molar-refractivity contribution is -0.00389. The van der Waals surface area contributed by atoms with Crippen molar-refractivity contribution in [1.82, 2.24) is 10.1 Å². The van der Waals surface area contributed by atoms with Crippen LogP contribution >= 0.6 is 0 Å². The standard InChI is InChI=1S/C26H38FN3O5/c1-19(2)17-33-18-22(31)14-29(15-23-4-3-11-34-23)16-24-25(20-5-7-21(27)8-6-20)28-35-26(24)30-9-12-32-13-10-30/h5-8,19,22-23,31H,3-4,9-18H2,1-2H3/t22-,23+/m1/s1. The van der Waals surface area contributed by atoms with Crippen LogP contribution in [0.15, 0.2) is 28.8 Å². The Morgan fingerprint density at radius 1 is 1.17 bits per heavy atom. The zero-order valence-corrected chi connectivity index (χ0v) is 20.8. The lowest BCUT2D eigenvalue weighted by atomic mass is 10.1. The molecule has 2 aromatic rings. The van der Waals surface area contributed by atoms with Gasteiger partial charge >= 0.3 is 0 Å². The maximum atomic E-state index is 13.6. The van der Waals surface area contributed by atoms with Gasteiger partial charge in [0.1, 0.15) is 11.5 Å². The molecule has 194 valence electrons. The first-order valence-electron chi connectivity index (χ1n) is 12.7. The Balaban J connectivity index is 1.57. The predicted molar refractivity (Wildman–Crippen MR) is 131 cm³/mol. The van der Waals surface area contributed by atoms with E-state index in [9.17, 15) is 9.50 Å². The summed E-state index contributed by atoms with van der Waals surface area (Å²) in [5.74, 6) is 0.823. The second-order valence-electron chi connectivity index (χ2n) is 9.84. The highest BCUT2D eigenvalue weighted by Gasteiger charge is 2.28. The highest BCUT2D eigenvalue weighted by Crippen LogP contribution is 2.33. The second kappa shape index (κ2) is 12.8. The Kier molecular flexibility index (Phi) is 9.51. The van der Waals surface area contributed by atoms with Crippen LogP contribution in [0.5, 0.6) is 0 Å². The maximum Gasteiger partial charge on any atom is 0.232 e. The number of aromatic nitrogens is 1. The van der Waals surface area contributed by atoms with E-state index in [2.05, 4.69) is 28.8 Å². The zero-order chi connectivity index (χ0) is 24.6. The fourth-order valence-corrected chi connectivity index (χ4v) is 4.59. The number of halogens is 1. The number of ether oxygens (including phenoxy) is 3. The molecule has 1 aromatic heterocycles. The number of hydrogen-bond acceptors (Lipinski definition) is 8. The van der Waals surface area contributed by atoms with E-state index < -0.39 is 6.10 Å². The Labute approximate surface area is 206 Å². The van der Waals surface area contributed by atoms with Crippen molar-refractivity contribution in [3.05, 3.63) is 35.6 Å². The molecule has 35 heavy (non-hydrogen) atoms. The molecule has 0 aliphatic carbocycles. The first-order chi connectivity index (χ1) is 17.0. The molecule has 2 aliphatic rings. The molecule has 0 radical (unpaired) electrons. The molecule has 0 spiro atoms. The van der Waals surface area contributed by atoms with Crippen molar-refractivity contribution in [1.29, 1.82) is 0 Å². The smallest absolute Gasteiger partial charge is 0.232 e. The van der Waals surface area contributed by atoms with E-state index in [-0.39, 0.29) is 18.5 Å². The molecule has 1 N–H and O–H groups in total. The minimum atomic E-state index is -0.629. The van der Waals surface area contributed by atoms with E-state index in [1.165, 1.54) is 12.1 Å². The maximum absolute atomic E-state index is 13.6. The monoisotopic (exact) mass is 491 g/mol. The summed E-state index contributed by atoms with van der Waals surface area (Å²) in [7, 11) is 0. The van der Waals surface area contributed by atoms with Gasteiger partial charge in [-0.05, 0) is 43.0 Å². The van der Waals surface area contributed by atoms with Crippen LogP contribution < -0.4 is 4.90 Å². The average molecular weight is 492 g/mol. The molecular weight excluding hydrogens is 453 g/mol.